The SMILES string of the molecule is CN=C(NCc1ccc(N2CCCC2=O)cc1)N1CCOC(C2CCCO2)C1. The van der Waals surface area contributed by atoms with Gasteiger partial charge in [-0.15, -0.1) is 0 Å². The quantitative estimate of drug-likeness (QED) is 0.631. The lowest BCUT2D eigenvalue weighted by Crippen LogP contribution is -2.53. The first-order valence-electron chi connectivity index (χ1n) is 10.3. The smallest absolute Gasteiger partial charge is 0.227 e. The molecule has 1 amide bonds. The number of aliphatic imine (C=N–C) groups is 1. The molecule has 1 N–H and O–H groups in total. The summed E-state index contributed by atoms with van der Waals surface area (Å²) >= 11 is 0. The Morgan fingerprint density at radius 3 is 2.64 bits per heavy atom. The maximum Gasteiger partial charge on any atom is 0.227 e. The van der Waals surface area contributed by atoms with Crippen molar-refractivity contribution in [2.24, 2.45) is 4.99 Å². The van der Waals surface area contributed by atoms with Crippen LogP contribution in [0.3, 0.4) is 0 Å². The van der Waals surface area contributed by atoms with Crippen molar-refractivity contribution >= 4 is 17.6 Å². The molecule has 2 atom stereocenters. The lowest BCUT2D eigenvalue weighted by atomic mass is 10.1. The average Bonchev–Trinajstić information content (AvgIpc) is 3.41. The van der Waals surface area contributed by atoms with E-state index in [-0.39, 0.29) is 18.1 Å². The van der Waals surface area contributed by atoms with Crippen molar-refractivity contribution in [1.29, 1.82) is 0 Å². The third kappa shape index (κ3) is 4.31. The highest BCUT2D eigenvalue weighted by Crippen LogP contribution is 2.22. The molecule has 0 spiro atoms. The van der Waals surface area contributed by atoms with E-state index in [4.69, 9.17) is 9.47 Å². The van der Waals surface area contributed by atoms with E-state index in [1.54, 1.807) is 0 Å². The first-order chi connectivity index (χ1) is 13.7. The van der Waals surface area contributed by atoms with E-state index in [1.165, 1.54) is 5.56 Å². The number of rotatable bonds is 4. The van der Waals surface area contributed by atoms with E-state index in [1.807, 2.05) is 24.1 Å². The summed E-state index contributed by atoms with van der Waals surface area (Å²) in [7, 11) is 1.82. The number of morpholine rings is 1. The molecule has 28 heavy (non-hydrogen) atoms. The van der Waals surface area contributed by atoms with Crippen LogP contribution < -0.4 is 10.2 Å². The molecule has 7 heteroatoms. The normalized spacial score (nSPS) is 26.2. The van der Waals surface area contributed by atoms with E-state index in [0.717, 1.165) is 57.2 Å². The first kappa shape index (κ1) is 19.2. The molecule has 7 nitrogen and oxygen atoms in total. The maximum absolute atomic E-state index is 11.9. The summed E-state index contributed by atoms with van der Waals surface area (Å²) in [5.74, 6) is 1.12. The van der Waals surface area contributed by atoms with Crippen LogP contribution in [-0.2, 0) is 20.8 Å². The number of nitrogens with one attached hydrogen (secondary N) is 1. The Bertz CT molecular complexity index is 700. The second kappa shape index (κ2) is 8.92. The molecule has 4 rings (SSSR count). The van der Waals surface area contributed by atoms with Crippen LogP contribution in [0.4, 0.5) is 5.69 Å². The van der Waals surface area contributed by atoms with E-state index in [0.29, 0.717) is 19.6 Å². The van der Waals surface area contributed by atoms with Crippen molar-refractivity contribution in [1.82, 2.24) is 10.2 Å². The van der Waals surface area contributed by atoms with Gasteiger partial charge >= 0.3 is 0 Å². The topological polar surface area (TPSA) is 66.4 Å². The van der Waals surface area contributed by atoms with Gasteiger partial charge in [0.1, 0.15) is 6.10 Å². The highest BCUT2D eigenvalue weighted by atomic mass is 16.5. The molecular formula is C21H30N4O3. The van der Waals surface area contributed by atoms with Gasteiger partial charge in [0.05, 0.1) is 12.7 Å². The molecule has 0 saturated carbocycles. The Hall–Kier alpha value is -2.12. The maximum atomic E-state index is 11.9. The number of hydrogen-bond donors (Lipinski definition) is 1. The minimum absolute atomic E-state index is 0.118. The Morgan fingerprint density at radius 2 is 1.96 bits per heavy atom. The number of hydrogen-bond acceptors (Lipinski definition) is 4. The van der Waals surface area contributed by atoms with Gasteiger partial charge in [0.2, 0.25) is 5.91 Å². The van der Waals surface area contributed by atoms with Crippen LogP contribution in [0.5, 0.6) is 0 Å². The number of ether oxygens (including phenoxy) is 2. The van der Waals surface area contributed by atoms with Gasteiger partial charge in [0, 0.05) is 51.9 Å². The number of nitrogens with zero attached hydrogens (tertiary/aromatic N) is 3. The van der Waals surface area contributed by atoms with Gasteiger partial charge in [-0.25, -0.2) is 0 Å². The highest BCUT2D eigenvalue weighted by Gasteiger charge is 2.32. The number of amides is 1. The molecule has 0 radical (unpaired) electrons. The second-order valence-corrected chi connectivity index (χ2v) is 7.62. The highest BCUT2D eigenvalue weighted by molar-refractivity contribution is 5.95. The van der Waals surface area contributed by atoms with Crippen LogP contribution in [0.15, 0.2) is 29.3 Å². The van der Waals surface area contributed by atoms with Gasteiger partial charge in [-0.3, -0.25) is 9.79 Å². The minimum atomic E-state index is 0.118. The molecule has 0 aliphatic carbocycles. The zero-order valence-electron chi connectivity index (χ0n) is 16.6. The van der Waals surface area contributed by atoms with Crippen LogP contribution in [0, 0.1) is 0 Å². The zero-order valence-corrected chi connectivity index (χ0v) is 16.6. The fourth-order valence-electron chi connectivity index (χ4n) is 4.22. The zero-order chi connectivity index (χ0) is 19.3. The predicted molar refractivity (Wildman–Crippen MR) is 109 cm³/mol. The summed E-state index contributed by atoms with van der Waals surface area (Å²) in [4.78, 5) is 20.5. The third-order valence-electron chi connectivity index (χ3n) is 5.76. The van der Waals surface area contributed by atoms with Crippen molar-refractivity contribution in [2.75, 3.05) is 44.8 Å². The fourth-order valence-corrected chi connectivity index (χ4v) is 4.22. The summed E-state index contributed by atoms with van der Waals surface area (Å²) in [6, 6.07) is 8.22. The third-order valence-corrected chi connectivity index (χ3v) is 5.76. The number of anilines is 1. The number of benzene rings is 1. The van der Waals surface area contributed by atoms with Crippen LogP contribution in [0.25, 0.3) is 0 Å². The largest absolute Gasteiger partial charge is 0.375 e. The van der Waals surface area contributed by atoms with Gasteiger partial charge in [0.25, 0.3) is 0 Å². The van der Waals surface area contributed by atoms with E-state index in [2.05, 4.69) is 27.3 Å². The van der Waals surface area contributed by atoms with Gasteiger partial charge in [-0.05, 0) is 37.0 Å². The van der Waals surface area contributed by atoms with E-state index in [9.17, 15) is 4.79 Å². The average molecular weight is 386 g/mol. The molecule has 3 saturated heterocycles. The lowest BCUT2D eigenvalue weighted by Gasteiger charge is -2.37. The number of guanidine groups is 1. The van der Waals surface area contributed by atoms with Crippen molar-refractivity contribution in [3.8, 4) is 0 Å². The molecular weight excluding hydrogens is 356 g/mol. The van der Waals surface area contributed by atoms with Gasteiger partial charge < -0.3 is 24.6 Å². The Morgan fingerprint density at radius 1 is 1.14 bits per heavy atom. The number of carbonyl (C=O) groups is 1. The second-order valence-electron chi connectivity index (χ2n) is 7.62. The van der Waals surface area contributed by atoms with Crippen molar-refractivity contribution in [2.45, 2.75) is 44.4 Å². The Kier molecular flexibility index (Phi) is 6.12. The van der Waals surface area contributed by atoms with Crippen LogP contribution in [0.1, 0.15) is 31.2 Å². The molecule has 3 fully saturated rings. The summed E-state index contributed by atoms with van der Waals surface area (Å²) in [6.07, 6.45) is 4.14. The Labute approximate surface area is 166 Å². The molecule has 152 valence electrons. The standard InChI is InChI=1S/C21H30N4O3/c1-22-21(24-11-13-28-19(15-24)18-4-3-12-27-18)23-14-16-6-8-17(9-7-16)25-10-2-5-20(25)26/h6-9,18-19H,2-5,10-15H2,1H3,(H,22,23). The fraction of sp³-hybridized carbons (Fsp3) is 0.619. The van der Waals surface area contributed by atoms with Crippen molar-refractivity contribution in [3.63, 3.8) is 0 Å². The summed E-state index contributed by atoms with van der Waals surface area (Å²) in [6.45, 7) is 4.70. The van der Waals surface area contributed by atoms with Crippen LogP contribution in [-0.4, -0.2) is 68.9 Å². The lowest BCUT2D eigenvalue weighted by molar-refractivity contribution is -0.117. The summed E-state index contributed by atoms with van der Waals surface area (Å²) < 4.78 is 11.7. The van der Waals surface area contributed by atoms with E-state index < -0.39 is 0 Å². The molecule has 3 aliphatic rings. The van der Waals surface area contributed by atoms with E-state index >= 15 is 0 Å². The van der Waals surface area contributed by atoms with Gasteiger partial charge in [-0.2, -0.15) is 0 Å². The van der Waals surface area contributed by atoms with Gasteiger partial charge in [0.15, 0.2) is 5.96 Å². The number of carbonyl (C=O) groups excluding carboxylic acids is 1. The van der Waals surface area contributed by atoms with Gasteiger partial charge in [-0.1, -0.05) is 12.1 Å². The van der Waals surface area contributed by atoms with Crippen LogP contribution in [0.2, 0.25) is 0 Å². The molecule has 0 aromatic heterocycles. The Balaban J connectivity index is 1.32. The molecule has 3 aliphatic heterocycles. The summed E-state index contributed by atoms with van der Waals surface area (Å²) in [5.41, 5.74) is 2.16. The minimum Gasteiger partial charge on any atom is -0.375 e. The van der Waals surface area contributed by atoms with Crippen molar-refractivity contribution in [3.05, 3.63) is 29.8 Å². The first-order valence-corrected chi connectivity index (χ1v) is 10.3. The molecule has 1 aromatic rings. The van der Waals surface area contributed by atoms with Crippen molar-refractivity contribution < 1.29 is 14.3 Å². The van der Waals surface area contributed by atoms with Crippen LogP contribution >= 0.6 is 0 Å². The molecule has 3 heterocycles. The molecule has 2 unspecified atom stereocenters. The molecule has 0 bridgehead atoms. The predicted octanol–water partition coefficient (Wildman–Crippen LogP) is 1.77. The summed E-state index contributed by atoms with van der Waals surface area (Å²) in [5, 5.41) is 3.46. The monoisotopic (exact) mass is 386 g/mol. The molecule has 1 aromatic carbocycles.